The zero-order chi connectivity index (χ0) is 40.2. The van der Waals surface area contributed by atoms with Gasteiger partial charge in [-0.05, 0) is 84.7 Å². The Kier molecular flexibility index (Phi) is 20.3. The van der Waals surface area contributed by atoms with Gasteiger partial charge in [-0.3, -0.25) is 9.59 Å². The topological polar surface area (TPSA) is 176 Å². The molecule has 3 amide bonds. The van der Waals surface area contributed by atoms with Crippen LogP contribution in [0.15, 0.2) is 65.8 Å². The van der Waals surface area contributed by atoms with Crippen molar-refractivity contribution in [2.24, 2.45) is 10.9 Å². The maximum Gasteiger partial charge on any atom is 0.407 e. The third kappa shape index (κ3) is 11.2. The molecule has 2 aliphatic rings. The van der Waals surface area contributed by atoms with Crippen LogP contribution in [0.3, 0.4) is 0 Å². The summed E-state index contributed by atoms with van der Waals surface area (Å²) >= 11 is 0. The molecule has 0 bridgehead atoms. The second kappa shape index (κ2) is 23.6. The number of alkyl carbamates (subject to hydrolysis) is 1. The Morgan fingerprint density at radius 1 is 0.806 bits per heavy atom. The van der Waals surface area contributed by atoms with Gasteiger partial charge in [0, 0.05) is 25.8 Å². The highest BCUT2D eigenvalue weighted by Gasteiger charge is 2.39. The molecule has 3 N–H and O–H groups in total. The summed E-state index contributed by atoms with van der Waals surface area (Å²) in [5, 5.41) is 4.79. The predicted octanol–water partition coefficient (Wildman–Crippen LogP) is 8.10. The van der Waals surface area contributed by atoms with E-state index >= 15 is 0 Å². The first-order valence-electron chi connectivity index (χ1n) is 19.4. The van der Waals surface area contributed by atoms with Crippen LogP contribution in [0.4, 0.5) is 4.79 Å². The number of amides is 3. The first kappa shape index (κ1) is 53.4. The number of ether oxygens (including phenoxy) is 2. The minimum Gasteiger partial charge on any atom is -0.453 e. The summed E-state index contributed by atoms with van der Waals surface area (Å²) in [6.07, 6.45) is 5.00. The molecule has 7 rings (SSSR count). The molecule has 0 aliphatic carbocycles. The molecule has 5 aromatic rings. The number of methoxy groups -OCH3 is 2. The lowest BCUT2D eigenvalue weighted by molar-refractivity contribution is -0.188. The number of aliphatic imine (C=N–C) groups is 1. The lowest BCUT2D eigenvalue weighted by Crippen LogP contribution is -2.54. The Bertz CT molecular complexity index is 2290. The van der Waals surface area contributed by atoms with Crippen molar-refractivity contribution in [1.82, 2.24) is 35.1 Å². The summed E-state index contributed by atoms with van der Waals surface area (Å²) in [5.41, 5.74) is 5.69. The summed E-state index contributed by atoms with van der Waals surface area (Å²) in [6, 6.07) is 17.0. The Morgan fingerprint density at radius 3 is 2.03 bits per heavy atom. The van der Waals surface area contributed by atoms with Crippen molar-refractivity contribution in [3.05, 3.63) is 72.4 Å². The highest BCUT2D eigenvalue weighted by atomic mass is 32.1. The van der Waals surface area contributed by atoms with E-state index in [1.807, 2.05) is 24.8 Å². The van der Waals surface area contributed by atoms with Crippen molar-refractivity contribution < 1.29 is 33.6 Å². The second-order valence-electron chi connectivity index (χ2n) is 15.0. The molecule has 0 unspecified atom stereocenters. The van der Waals surface area contributed by atoms with Crippen molar-refractivity contribution in [3.8, 4) is 22.4 Å². The van der Waals surface area contributed by atoms with Gasteiger partial charge in [-0.15, -0.1) is 0 Å². The predicted molar refractivity (Wildman–Crippen MR) is 260 cm³/mol. The first-order chi connectivity index (χ1) is 27.6. The van der Waals surface area contributed by atoms with E-state index in [4.69, 9.17) is 24.3 Å². The van der Waals surface area contributed by atoms with Crippen molar-refractivity contribution in [2.45, 2.75) is 91.6 Å². The largest absolute Gasteiger partial charge is 0.453 e. The number of benzene rings is 3. The average Bonchev–Trinajstić information content (AvgIpc) is 4.06. The third-order valence-corrected chi connectivity index (χ3v) is 11.1. The number of nitrogens with one attached hydrogen (secondary N) is 3. The number of carbonyl (C=O) groups excluding carboxylic acids is 3. The number of carbonyl (C=O) groups is 3. The number of nitrogens with zero attached hydrogens (tertiary/aromatic N) is 5. The van der Waals surface area contributed by atoms with Crippen LogP contribution in [0.5, 0.6) is 0 Å². The monoisotopic (exact) mass is 912 g/mol. The number of aromatic nitrogens is 4. The van der Waals surface area contributed by atoms with Crippen LogP contribution in [0.25, 0.3) is 44.2 Å². The summed E-state index contributed by atoms with van der Waals surface area (Å²) in [4.78, 5) is 73.3. The van der Waals surface area contributed by atoms with E-state index in [-0.39, 0.29) is 85.2 Å². The van der Waals surface area contributed by atoms with E-state index < -0.39 is 24.3 Å². The summed E-state index contributed by atoms with van der Waals surface area (Å²) in [5.74, 6) is 1.15. The van der Waals surface area contributed by atoms with Crippen molar-refractivity contribution in [3.63, 3.8) is 0 Å². The molecule has 4 heterocycles. The molecule has 340 valence electrons. The minimum absolute atomic E-state index is 0. The molecule has 5 atom stereocenters. The van der Waals surface area contributed by atoms with Gasteiger partial charge in [-0.2, -0.15) is 45.4 Å². The van der Waals surface area contributed by atoms with Crippen molar-refractivity contribution >= 4 is 86.6 Å². The Labute approximate surface area is 385 Å². The Hall–Kier alpha value is -4.75. The van der Waals surface area contributed by atoms with Crippen LogP contribution in [-0.4, -0.2) is 107 Å². The fourth-order valence-corrected chi connectivity index (χ4v) is 7.95. The third-order valence-electron chi connectivity index (χ3n) is 11.1. The molecule has 0 saturated carbocycles. The molecule has 0 spiro atoms. The molecule has 18 heteroatoms. The standard InChI is InChI=1S/C42H50N8O7.2CH4.3H2S/c1-24(2)36(44-23-57-56-6)40(51)50-18-8-10-35(50)39-45-31-16-15-29(21-32(31)46-39)27-11-12-28-20-30(14-13-26(28)19-27)33-22-43-38(47-33)34-9-7-17-49(34)41(52)37(25(3)54-4)48-42(53)55-5;;;;;/h11-16,19-25,34-37H,7-10,17-18H2,1-6H3,(H,43,47)(H,45,46)(H,48,53);2*1H4;3*1H2/t25-,34+,35+,36+,37+;;;;;/m1...../s1. The molecule has 62 heavy (non-hydrogen) atoms. The molecule has 0 radical (unpaired) electrons. The van der Waals surface area contributed by atoms with Crippen LogP contribution in [-0.2, 0) is 28.8 Å². The van der Waals surface area contributed by atoms with E-state index in [0.717, 1.165) is 75.7 Å². The van der Waals surface area contributed by atoms with E-state index in [1.165, 1.54) is 27.7 Å². The quantitative estimate of drug-likeness (QED) is 0.0456. The zero-order valence-electron chi connectivity index (χ0n) is 34.7. The number of imidazole rings is 2. The minimum atomic E-state index is -0.895. The highest BCUT2D eigenvalue weighted by molar-refractivity contribution is 7.59. The summed E-state index contributed by atoms with van der Waals surface area (Å²) in [7, 11) is 4.16. The fourth-order valence-electron chi connectivity index (χ4n) is 7.95. The molecule has 2 aliphatic heterocycles. The van der Waals surface area contributed by atoms with Gasteiger partial charge in [0.2, 0.25) is 18.2 Å². The van der Waals surface area contributed by atoms with Gasteiger partial charge in [0.1, 0.15) is 23.7 Å². The number of hydrogen-bond acceptors (Lipinski definition) is 10. The number of H-pyrrole nitrogens is 2. The molecule has 2 fully saturated rings. The van der Waals surface area contributed by atoms with E-state index in [9.17, 15) is 14.4 Å². The molecule has 3 aromatic carbocycles. The average molecular weight is 913 g/mol. The van der Waals surface area contributed by atoms with Gasteiger partial charge in [0.25, 0.3) is 0 Å². The number of aromatic amines is 2. The SMILES string of the molecule is C.C.COOC=N[C@H](C(=O)N1CCC[C@H]1c1nc2ccc(-c3ccc4cc(-c5cnc([C@@H]6CCCN6C(=O)[C@@H](NC(=O)OC)[C@@H](C)OC)[nH]5)ccc4c3)cc2[nH]1)C(C)C.S.S.S. The first-order valence-corrected chi connectivity index (χ1v) is 19.4. The molecule has 15 nitrogen and oxygen atoms in total. The Balaban J connectivity index is 0.00000265. The van der Waals surface area contributed by atoms with Crippen LogP contribution in [0, 0.1) is 5.92 Å². The number of rotatable bonds is 13. The fraction of sp³-hybridized carbons (Fsp3) is 0.455. The smallest absolute Gasteiger partial charge is 0.407 e. The number of likely N-dealkylation sites (tertiary alicyclic amines) is 2. The van der Waals surface area contributed by atoms with Gasteiger partial charge in [0.05, 0.1) is 55.3 Å². The maximum atomic E-state index is 13.7. The number of hydrogen-bond donors (Lipinski definition) is 3. The maximum absolute atomic E-state index is 13.7. The highest BCUT2D eigenvalue weighted by Crippen LogP contribution is 2.36. The lowest BCUT2D eigenvalue weighted by atomic mass is 9.99. The van der Waals surface area contributed by atoms with Gasteiger partial charge in [-0.1, -0.05) is 59.0 Å². The van der Waals surface area contributed by atoms with Crippen LogP contribution < -0.4 is 5.32 Å². The number of fused-ring (bicyclic) bond motifs is 2. The normalized spacial score (nSPS) is 17.3. The van der Waals surface area contributed by atoms with E-state index in [1.54, 1.807) is 18.0 Å². The van der Waals surface area contributed by atoms with Crippen molar-refractivity contribution in [2.75, 3.05) is 34.4 Å². The van der Waals surface area contributed by atoms with Gasteiger partial charge in [-0.25, -0.2) is 19.8 Å². The lowest BCUT2D eigenvalue weighted by Gasteiger charge is -2.30. The van der Waals surface area contributed by atoms with Crippen LogP contribution in [0.2, 0.25) is 0 Å². The zero-order valence-corrected chi connectivity index (χ0v) is 37.7. The van der Waals surface area contributed by atoms with Crippen LogP contribution in [0.1, 0.15) is 85.0 Å². The molecule has 2 saturated heterocycles. The van der Waals surface area contributed by atoms with Gasteiger partial charge < -0.3 is 39.4 Å². The molecule has 2 aromatic heterocycles. The molecular weight excluding hydrogens is 849 g/mol. The molecular formula is C44H64N8O7S3. The summed E-state index contributed by atoms with van der Waals surface area (Å²) in [6.45, 7) is 6.86. The van der Waals surface area contributed by atoms with Gasteiger partial charge in [0.15, 0.2) is 0 Å². The van der Waals surface area contributed by atoms with Gasteiger partial charge >= 0.3 is 6.09 Å². The summed E-state index contributed by atoms with van der Waals surface area (Å²) < 4.78 is 10.2. The van der Waals surface area contributed by atoms with Crippen LogP contribution >= 0.6 is 40.5 Å². The Morgan fingerprint density at radius 2 is 1.40 bits per heavy atom. The van der Waals surface area contributed by atoms with E-state index in [2.05, 4.69) is 73.7 Å². The van der Waals surface area contributed by atoms with E-state index in [0.29, 0.717) is 18.9 Å². The second-order valence-corrected chi connectivity index (χ2v) is 15.0. The van der Waals surface area contributed by atoms with Crippen molar-refractivity contribution in [1.29, 1.82) is 0 Å².